The van der Waals surface area contributed by atoms with Crippen LogP contribution in [0.15, 0.2) is 29.4 Å². The van der Waals surface area contributed by atoms with E-state index in [0.29, 0.717) is 18.9 Å². The Labute approximate surface area is 125 Å². The molecular weight excluding hydrogens is 266 g/mol. The molecule has 0 fully saturated rings. The summed E-state index contributed by atoms with van der Waals surface area (Å²) in [5, 5.41) is 12.0. The van der Waals surface area contributed by atoms with Gasteiger partial charge in [0.25, 0.3) is 0 Å². The van der Waals surface area contributed by atoms with Gasteiger partial charge in [0.15, 0.2) is 5.84 Å². The van der Waals surface area contributed by atoms with Gasteiger partial charge >= 0.3 is 0 Å². The van der Waals surface area contributed by atoms with Gasteiger partial charge in [-0.25, -0.2) is 0 Å². The molecule has 1 aromatic carbocycles. The number of hydrogen-bond acceptors (Lipinski definition) is 3. The lowest BCUT2D eigenvalue weighted by Crippen LogP contribution is -2.46. The molecule has 1 aliphatic heterocycles. The number of anilines is 1. The normalized spacial score (nSPS) is 20.0. The zero-order chi connectivity index (χ0) is 15.4. The minimum atomic E-state index is -0.557. The van der Waals surface area contributed by atoms with Gasteiger partial charge in [-0.15, -0.1) is 0 Å². The molecule has 114 valence electrons. The lowest BCUT2D eigenvalue weighted by Gasteiger charge is -2.35. The van der Waals surface area contributed by atoms with Crippen LogP contribution in [0.25, 0.3) is 0 Å². The quantitative estimate of drug-likeness (QED) is 0.386. The van der Waals surface area contributed by atoms with Crippen molar-refractivity contribution in [2.75, 3.05) is 11.4 Å². The molecule has 2 rings (SSSR count). The molecule has 1 amide bonds. The fourth-order valence-electron chi connectivity index (χ4n) is 2.95. The SMILES string of the molecule is CCCC(C(=O)N1CC(C)Cc2ccccc21)C(N)=NO. The molecule has 0 aromatic heterocycles. The number of rotatable bonds is 4. The first kappa shape index (κ1) is 15.4. The van der Waals surface area contributed by atoms with Crippen molar-refractivity contribution in [3.05, 3.63) is 29.8 Å². The van der Waals surface area contributed by atoms with Crippen molar-refractivity contribution < 1.29 is 10.0 Å². The molecule has 0 radical (unpaired) electrons. The van der Waals surface area contributed by atoms with Crippen molar-refractivity contribution in [3.63, 3.8) is 0 Å². The van der Waals surface area contributed by atoms with E-state index in [-0.39, 0.29) is 11.7 Å². The van der Waals surface area contributed by atoms with Crippen molar-refractivity contribution in [3.8, 4) is 0 Å². The molecule has 1 aromatic rings. The first-order valence-corrected chi connectivity index (χ1v) is 7.45. The summed E-state index contributed by atoms with van der Waals surface area (Å²) in [4.78, 5) is 14.6. The number of amidine groups is 1. The molecule has 0 saturated carbocycles. The molecular formula is C16H23N3O2. The van der Waals surface area contributed by atoms with E-state index in [9.17, 15) is 4.79 Å². The van der Waals surface area contributed by atoms with Gasteiger partial charge in [-0.2, -0.15) is 0 Å². The van der Waals surface area contributed by atoms with Crippen molar-refractivity contribution in [2.24, 2.45) is 22.7 Å². The minimum Gasteiger partial charge on any atom is -0.409 e. The Morgan fingerprint density at radius 3 is 2.90 bits per heavy atom. The van der Waals surface area contributed by atoms with Crippen molar-refractivity contribution in [1.82, 2.24) is 0 Å². The van der Waals surface area contributed by atoms with Gasteiger partial charge in [-0.05, 0) is 30.4 Å². The fraction of sp³-hybridized carbons (Fsp3) is 0.500. The zero-order valence-electron chi connectivity index (χ0n) is 12.6. The van der Waals surface area contributed by atoms with E-state index in [1.807, 2.05) is 25.1 Å². The standard InChI is InChI=1S/C16H23N3O2/c1-3-6-13(15(17)18-21)16(20)19-10-11(2)9-12-7-4-5-8-14(12)19/h4-5,7-8,11,13,21H,3,6,9-10H2,1-2H3,(H2,17,18). The second-order valence-electron chi connectivity index (χ2n) is 5.75. The molecule has 0 saturated heterocycles. The van der Waals surface area contributed by atoms with Gasteiger partial charge < -0.3 is 15.8 Å². The van der Waals surface area contributed by atoms with E-state index >= 15 is 0 Å². The maximum atomic E-state index is 12.9. The number of nitrogens with zero attached hydrogens (tertiary/aromatic N) is 2. The third-order valence-electron chi connectivity index (χ3n) is 3.96. The molecule has 21 heavy (non-hydrogen) atoms. The number of carbonyl (C=O) groups excluding carboxylic acids is 1. The summed E-state index contributed by atoms with van der Waals surface area (Å²) in [6.45, 7) is 4.79. The van der Waals surface area contributed by atoms with Crippen LogP contribution in [-0.2, 0) is 11.2 Å². The smallest absolute Gasteiger partial charge is 0.237 e. The van der Waals surface area contributed by atoms with Crippen molar-refractivity contribution in [1.29, 1.82) is 0 Å². The molecule has 2 unspecified atom stereocenters. The van der Waals surface area contributed by atoms with Gasteiger partial charge in [0.05, 0.1) is 5.92 Å². The molecule has 2 atom stereocenters. The van der Waals surface area contributed by atoms with E-state index in [1.165, 1.54) is 5.56 Å². The number of hydrogen-bond donors (Lipinski definition) is 2. The van der Waals surface area contributed by atoms with E-state index in [2.05, 4.69) is 18.1 Å². The van der Waals surface area contributed by atoms with Crippen LogP contribution in [0, 0.1) is 11.8 Å². The summed E-state index contributed by atoms with van der Waals surface area (Å²) >= 11 is 0. The fourth-order valence-corrected chi connectivity index (χ4v) is 2.95. The molecule has 3 N–H and O–H groups in total. The number of benzene rings is 1. The van der Waals surface area contributed by atoms with Crippen LogP contribution in [0.3, 0.4) is 0 Å². The van der Waals surface area contributed by atoms with E-state index in [1.54, 1.807) is 4.90 Å². The summed E-state index contributed by atoms with van der Waals surface area (Å²) in [6.07, 6.45) is 2.36. The number of amides is 1. The number of oxime groups is 1. The Balaban J connectivity index is 2.33. The Morgan fingerprint density at radius 1 is 1.52 bits per heavy atom. The van der Waals surface area contributed by atoms with Crippen LogP contribution in [0.2, 0.25) is 0 Å². The second kappa shape index (κ2) is 6.61. The largest absolute Gasteiger partial charge is 0.409 e. The molecule has 5 heteroatoms. The summed E-state index contributed by atoms with van der Waals surface area (Å²) in [5.41, 5.74) is 7.85. The van der Waals surface area contributed by atoms with Crippen LogP contribution in [0.1, 0.15) is 32.3 Å². The third kappa shape index (κ3) is 3.17. The Bertz CT molecular complexity index is 542. The first-order valence-electron chi connectivity index (χ1n) is 7.45. The highest BCUT2D eigenvalue weighted by molar-refractivity contribution is 6.09. The molecule has 0 aliphatic carbocycles. The monoisotopic (exact) mass is 289 g/mol. The second-order valence-corrected chi connectivity index (χ2v) is 5.75. The van der Waals surface area contributed by atoms with Crippen molar-refractivity contribution in [2.45, 2.75) is 33.1 Å². The summed E-state index contributed by atoms with van der Waals surface area (Å²) in [6, 6.07) is 7.96. The molecule has 0 spiro atoms. The minimum absolute atomic E-state index is 0.00226. The summed E-state index contributed by atoms with van der Waals surface area (Å²) in [7, 11) is 0. The maximum absolute atomic E-state index is 12.9. The Morgan fingerprint density at radius 2 is 2.24 bits per heavy atom. The van der Waals surface area contributed by atoms with E-state index in [0.717, 1.165) is 18.5 Å². The molecule has 5 nitrogen and oxygen atoms in total. The molecule has 0 bridgehead atoms. The highest BCUT2D eigenvalue weighted by Crippen LogP contribution is 2.31. The first-order chi connectivity index (χ1) is 10.1. The van der Waals surface area contributed by atoms with Crippen LogP contribution < -0.4 is 10.6 Å². The van der Waals surface area contributed by atoms with Crippen molar-refractivity contribution >= 4 is 17.4 Å². The average Bonchev–Trinajstić information content (AvgIpc) is 2.50. The highest BCUT2D eigenvalue weighted by Gasteiger charge is 2.32. The maximum Gasteiger partial charge on any atom is 0.237 e. The number of fused-ring (bicyclic) bond motifs is 1. The van der Waals surface area contributed by atoms with Crippen LogP contribution in [-0.4, -0.2) is 23.5 Å². The van der Waals surface area contributed by atoms with Crippen LogP contribution >= 0.6 is 0 Å². The Kier molecular flexibility index (Phi) is 4.83. The van der Waals surface area contributed by atoms with Crippen LogP contribution in [0.4, 0.5) is 5.69 Å². The highest BCUT2D eigenvalue weighted by atomic mass is 16.4. The van der Waals surface area contributed by atoms with E-state index < -0.39 is 5.92 Å². The van der Waals surface area contributed by atoms with Gasteiger partial charge in [0.1, 0.15) is 0 Å². The van der Waals surface area contributed by atoms with Gasteiger partial charge in [0.2, 0.25) is 5.91 Å². The predicted octanol–water partition coefficient (Wildman–Crippen LogP) is 2.37. The van der Waals surface area contributed by atoms with Gasteiger partial charge in [0, 0.05) is 12.2 Å². The van der Waals surface area contributed by atoms with Gasteiger partial charge in [-0.3, -0.25) is 4.79 Å². The topological polar surface area (TPSA) is 78.9 Å². The zero-order valence-corrected chi connectivity index (χ0v) is 12.6. The summed E-state index contributed by atoms with van der Waals surface area (Å²) < 4.78 is 0. The molecule has 1 heterocycles. The molecule has 1 aliphatic rings. The third-order valence-corrected chi connectivity index (χ3v) is 3.96. The van der Waals surface area contributed by atoms with Crippen LogP contribution in [0.5, 0.6) is 0 Å². The van der Waals surface area contributed by atoms with Gasteiger partial charge in [-0.1, -0.05) is 43.6 Å². The number of nitrogens with two attached hydrogens (primary N) is 1. The lowest BCUT2D eigenvalue weighted by molar-refractivity contribution is -0.121. The van der Waals surface area contributed by atoms with E-state index in [4.69, 9.17) is 10.9 Å². The number of para-hydroxylation sites is 1. The predicted molar refractivity (Wildman–Crippen MR) is 83.5 cm³/mol. The average molecular weight is 289 g/mol. The number of carbonyl (C=O) groups is 1. The summed E-state index contributed by atoms with van der Waals surface area (Å²) in [5.74, 6) is -0.236. The Hall–Kier alpha value is -2.04. The lowest BCUT2D eigenvalue weighted by atomic mass is 9.91.